The van der Waals surface area contributed by atoms with Gasteiger partial charge in [0, 0.05) is 26.6 Å². The van der Waals surface area contributed by atoms with Gasteiger partial charge in [0.05, 0.1) is 11.4 Å². The van der Waals surface area contributed by atoms with Crippen LogP contribution in [0.15, 0.2) is 17.5 Å². The van der Waals surface area contributed by atoms with E-state index in [1.807, 2.05) is 17.5 Å². The molecule has 0 N–H and O–H groups in total. The number of fused-ring (bicyclic) bond motifs is 1. The molecule has 0 saturated carbocycles. The van der Waals surface area contributed by atoms with Crippen LogP contribution in [0.2, 0.25) is 0 Å². The van der Waals surface area contributed by atoms with Crippen molar-refractivity contribution in [3.05, 3.63) is 34.0 Å². The van der Waals surface area contributed by atoms with E-state index in [1.165, 1.54) is 11.3 Å². The van der Waals surface area contributed by atoms with E-state index in [0.29, 0.717) is 18.0 Å². The molecular formula is C17H21N5O2S. The van der Waals surface area contributed by atoms with Crippen molar-refractivity contribution in [1.82, 2.24) is 24.6 Å². The Kier molecular flexibility index (Phi) is 4.29. The van der Waals surface area contributed by atoms with Gasteiger partial charge in [-0.05, 0) is 30.7 Å². The van der Waals surface area contributed by atoms with Crippen molar-refractivity contribution in [3.8, 4) is 0 Å². The lowest BCUT2D eigenvalue weighted by molar-refractivity contribution is -0.134. The molecule has 4 rings (SSSR count). The van der Waals surface area contributed by atoms with E-state index in [0.717, 1.165) is 43.9 Å². The monoisotopic (exact) mass is 359 g/mol. The number of carbonyl (C=O) groups excluding carboxylic acids is 2. The molecule has 1 atom stereocenters. The summed E-state index contributed by atoms with van der Waals surface area (Å²) >= 11 is 1.42. The molecule has 0 bridgehead atoms. The summed E-state index contributed by atoms with van der Waals surface area (Å²) in [4.78, 5) is 29.7. The number of aryl methyl sites for hydroxylation is 1. The van der Waals surface area contributed by atoms with Crippen molar-refractivity contribution in [2.45, 2.75) is 44.8 Å². The third kappa shape index (κ3) is 2.95. The molecular weight excluding hydrogens is 338 g/mol. The molecule has 0 radical (unpaired) electrons. The fourth-order valence-corrected chi connectivity index (χ4v) is 4.36. The number of aromatic nitrogens is 3. The maximum absolute atomic E-state index is 12.9. The summed E-state index contributed by atoms with van der Waals surface area (Å²) in [6.45, 7) is 2.00. The zero-order chi connectivity index (χ0) is 17.4. The van der Waals surface area contributed by atoms with Gasteiger partial charge in [-0.2, -0.15) is 0 Å². The summed E-state index contributed by atoms with van der Waals surface area (Å²) in [7, 11) is 1.78. The molecule has 4 heterocycles. The number of rotatable bonds is 4. The minimum Gasteiger partial charge on any atom is -0.336 e. The van der Waals surface area contributed by atoms with Crippen LogP contribution in [0.25, 0.3) is 0 Å². The third-order valence-corrected chi connectivity index (χ3v) is 5.83. The van der Waals surface area contributed by atoms with Crippen LogP contribution >= 0.6 is 11.3 Å². The van der Waals surface area contributed by atoms with Crippen LogP contribution in [-0.2, 0) is 24.3 Å². The van der Waals surface area contributed by atoms with Gasteiger partial charge in [0.2, 0.25) is 5.91 Å². The Hall–Kier alpha value is -2.22. The van der Waals surface area contributed by atoms with Gasteiger partial charge in [0.25, 0.3) is 5.91 Å². The maximum Gasteiger partial charge on any atom is 0.264 e. The van der Waals surface area contributed by atoms with E-state index in [4.69, 9.17) is 0 Å². The molecule has 1 saturated heterocycles. The van der Waals surface area contributed by atoms with Crippen molar-refractivity contribution in [2.75, 3.05) is 13.6 Å². The van der Waals surface area contributed by atoms with Crippen LogP contribution in [0.1, 0.15) is 40.6 Å². The zero-order valence-corrected chi connectivity index (χ0v) is 15.0. The van der Waals surface area contributed by atoms with Crippen molar-refractivity contribution >= 4 is 23.2 Å². The molecule has 2 aliphatic heterocycles. The molecule has 7 nitrogen and oxygen atoms in total. The summed E-state index contributed by atoms with van der Waals surface area (Å²) in [5, 5.41) is 10.3. The van der Waals surface area contributed by atoms with Gasteiger partial charge in [0.15, 0.2) is 5.82 Å². The van der Waals surface area contributed by atoms with Crippen LogP contribution < -0.4 is 0 Å². The minimum absolute atomic E-state index is 0.0160. The van der Waals surface area contributed by atoms with Crippen molar-refractivity contribution < 1.29 is 9.59 Å². The lowest BCUT2D eigenvalue weighted by Gasteiger charge is -2.27. The predicted octanol–water partition coefficient (Wildman–Crippen LogP) is 1.55. The number of likely N-dealkylation sites (tertiary alicyclic amines) is 1. The molecule has 0 aromatic carbocycles. The highest BCUT2D eigenvalue weighted by atomic mass is 32.1. The van der Waals surface area contributed by atoms with E-state index >= 15 is 0 Å². The Labute approximate surface area is 150 Å². The third-order valence-electron chi connectivity index (χ3n) is 4.97. The Bertz CT molecular complexity index is 785. The highest BCUT2D eigenvalue weighted by molar-refractivity contribution is 7.12. The highest BCUT2D eigenvalue weighted by Crippen LogP contribution is 2.24. The molecule has 132 valence electrons. The van der Waals surface area contributed by atoms with Gasteiger partial charge in [0.1, 0.15) is 11.9 Å². The van der Waals surface area contributed by atoms with Crippen molar-refractivity contribution in [1.29, 1.82) is 0 Å². The van der Waals surface area contributed by atoms with Crippen LogP contribution in [0.5, 0.6) is 0 Å². The van der Waals surface area contributed by atoms with Crippen molar-refractivity contribution in [2.24, 2.45) is 0 Å². The fraction of sp³-hybridized carbons (Fsp3) is 0.529. The minimum atomic E-state index is -0.374. The van der Waals surface area contributed by atoms with Crippen LogP contribution in [0.4, 0.5) is 0 Å². The SMILES string of the molecule is CN(Cc1nnc2n1CCC2)C(=O)[C@@H]1CCCN1C(=O)c1cccs1. The van der Waals surface area contributed by atoms with Gasteiger partial charge >= 0.3 is 0 Å². The molecule has 2 aromatic heterocycles. The van der Waals surface area contributed by atoms with E-state index in [9.17, 15) is 9.59 Å². The highest BCUT2D eigenvalue weighted by Gasteiger charge is 2.36. The molecule has 25 heavy (non-hydrogen) atoms. The van der Waals surface area contributed by atoms with Gasteiger partial charge < -0.3 is 14.4 Å². The van der Waals surface area contributed by atoms with Crippen LogP contribution in [0, 0.1) is 0 Å². The maximum atomic E-state index is 12.9. The molecule has 0 aliphatic carbocycles. The van der Waals surface area contributed by atoms with E-state index in [2.05, 4.69) is 14.8 Å². The molecule has 2 aliphatic rings. The fourth-order valence-electron chi connectivity index (χ4n) is 3.68. The predicted molar refractivity (Wildman–Crippen MR) is 93.2 cm³/mol. The van der Waals surface area contributed by atoms with Gasteiger partial charge in [-0.15, -0.1) is 21.5 Å². The molecule has 8 heteroatoms. The van der Waals surface area contributed by atoms with Gasteiger partial charge in [-0.1, -0.05) is 6.07 Å². The molecule has 0 spiro atoms. The number of nitrogens with zero attached hydrogens (tertiary/aromatic N) is 5. The summed E-state index contributed by atoms with van der Waals surface area (Å²) in [5.41, 5.74) is 0. The quantitative estimate of drug-likeness (QED) is 0.830. The second-order valence-electron chi connectivity index (χ2n) is 6.62. The number of hydrogen-bond donors (Lipinski definition) is 0. The van der Waals surface area contributed by atoms with Gasteiger partial charge in [-0.25, -0.2) is 0 Å². The number of carbonyl (C=O) groups is 2. The molecule has 2 aromatic rings. The lowest BCUT2D eigenvalue weighted by Crippen LogP contribution is -2.46. The Morgan fingerprint density at radius 2 is 2.20 bits per heavy atom. The van der Waals surface area contributed by atoms with E-state index in [1.54, 1.807) is 16.8 Å². The Balaban J connectivity index is 1.46. The first-order valence-electron chi connectivity index (χ1n) is 8.65. The second kappa shape index (κ2) is 6.59. The summed E-state index contributed by atoms with van der Waals surface area (Å²) < 4.78 is 2.10. The standard InChI is InChI=1S/C17H21N5O2S/c1-20(11-15-19-18-14-7-3-9-22(14)15)16(23)12-5-2-8-21(12)17(24)13-6-4-10-25-13/h4,6,10,12H,2-3,5,7-9,11H2,1H3/t12-/m0/s1. The summed E-state index contributed by atoms with van der Waals surface area (Å²) in [6, 6.07) is 3.30. The average Bonchev–Trinajstić information content (AvgIpc) is 3.37. The molecule has 2 amide bonds. The van der Waals surface area contributed by atoms with Crippen molar-refractivity contribution in [3.63, 3.8) is 0 Å². The number of likely N-dealkylation sites (N-methyl/N-ethyl adjacent to an activating group) is 1. The van der Waals surface area contributed by atoms with E-state index < -0.39 is 0 Å². The molecule has 1 fully saturated rings. The second-order valence-corrected chi connectivity index (χ2v) is 7.56. The number of hydrogen-bond acceptors (Lipinski definition) is 5. The average molecular weight is 359 g/mol. The molecule has 0 unspecified atom stereocenters. The lowest BCUT2D eigenvalue weighted by atomic mass is 10.2. The van der Waals surface area contributed by atoms with E-state index in [-0.39, 0.29) is 17.9 Å². The topological polar surface area (TPSA) is 71.3 Å². The Morgan fingerprint density at radius 3 is 3.00 bits per heavy atom. The van der Waals surface area contributed by atoms with Crippen LogP contribution in [-0.4, -0.2) is 56.0 Å². The van der Waals surface area contributed by atoms with Crippen LogP contribution in [0.3, 0.4) is 0 Å². The number of thiophene rings is 1. The summed E-state index contributed by atoms with van der Waals surface area (Å²) in [6.07, 6.45) is 3.62. The zero-order valence-electron chi connectivity index (χ0n) is 14.2. The first-order valence-corrected chi connectivity index (χ1v) is 9.53. The number of amides is 2. The smallest absolute Gasteiger partial charge is 0.264 e. The first-order chi connectivity index (χ1) is 12.1. The summed E-state index contributed by atoms with van der Waals surface area (Å²) in [5.74, 6) is 1.78. The Morgan fingerprint density at radius 1 is 1.32 bits per heavy atom. The van der Waals surface area contributed by atoms with Gasteiger partial charge in [-0.3, -0.25) is 9.59 Å². The first kappa shape index (κ1) is 16.3. The largest absolute Gasteiger partial charge is 0.336 e. The normalized spacial score (nSPS) is 19.2.